The average Bonchev–Trinajstić information content (AvgIpc) is 2.96. The Bertz CT molecular complexity index is 792. The first-order valence-electron chi connectivity index (χ1n) is 6.52. The third-order valence-corrected chi connectivity index (χ3v) is 5.23. The summed E-state index contributed by atoms with van der Waals surface area (Å²) in [5.74, 6) is 1.48. The molecule has 0 fully saturated rings. The van der Waals surface area contributed by atoms with E-state index >= 15 is 0 Å². The fraction of sp³-hybridized carbons (Fsp3) is 0.133. The summed E-state index contributed by atoms with van der Waals surface area (Å²) in [5.41, 5.74) is 1.76. The van der Waals surface area contributed by atoms with Crippen LogP contribution in [0.2, 0.25) is 5.02 Å². The quantitative estimate of drug-likeness (QED) is 0.704. The molecule has 7 heteroatoms. The Morgan fingerprint density at radius 2 is 1.95 bits per heavy atom. The van der Waals surface area contributed by atoms with Gasteiger partial charge in [0, 0.05) is 39.3 Å². The molecule has 2 heterocycles. The van der Waals surface area contributed by atoms with Crippen LogP contribution in [0.15, 0.2) is 48.1 Å². The Balaban J connectivity index is 1.66. The molecule has 112 valence electrons. The van der Waals surface area contributed by atoms with Gasteiger partial charge in [0.2, 0.25) is 0 Å². The molecule has 0 aliphatic heterocycles. The molecule has 0 bridgehead atoms. The lowest BCUT2D eigenvalue weighted by atomic mass is 10.2. The first kappa shape index (κ1) is 15.3. The average molecular weight is 350 g/mol. The maximum atomic E-state index is 12.2. The van der Waals surface area contributed by atoms with Crippen LogP contribution in [0.4, 0.5) is 0 Å². The SMILES string of the molecule is O=[S@](Cc1cccc(Cl)c1)Cc1csc(-c2ncccn2)n1. The largest absolute Gasteiger partial charge is 0.259 e. The minimum Gasteiger partial charge on any atom is -0.259 e. The predicted octanol–water partition coefficient (Wildman–Crippen LogP) is 3.70. The molecule has 0 saturated carbocycles. The van der Waals surface area contributed by atoms with Crippen LogP contribution in [0, 0.1) is 0 Å². The number of halogens is 1. The minimum absolute atomic E-state index is 0.413. The third kappa shape index (κ3) is 3.97. The normalized spacial score (nSPS) is 12.2. The Morgan fingerprint density at radius 1 is 1.14 bits per heavy atom. The molecule has 2 aromatic heterocycles. The van der Waals surface area contributed by atoms with E-state index in [-0.39, 0.29) is 0 Å². The highest BCUT2D eigenvalue weighted by molar-refractivity contribution is 7.83. The number of aromatic nitrogens is 3. The van der Waals surface area contributed by atoms with Gasteiger partial charge in [-0.2, -0.15) is 0 Å². The van der Waals surface area contributed by atoms with E-state index in [0.29, 0.717) is 22.4 Å². The predicted molar refractivity (Wildman–Crippen MR) is 90.1 cm³/mol. The van der Waals surface area contributed by atoms with Gasteiger partial charge in [0.25, 0.3) is 0 Å². The zero-order valence-electron chi connectivity index (χ0n) is 11.5. The van der Waals surface area contributed by atoms with Crippen LogP contribution in [0.3, 0.4) is 0 Å². The highest BCUT2D eigenvalue weighted by Crippen LogP contribution is 2.21. The Hall–Kier alpha value is -1.63. The lowest BCUT2D eigenvalue weighted by Crippen LogP contribution is -2.00. The Kier molecular flexibility index (Phi) is 4.92. The second-order valence-electron chi connectivity index (χ2n) is 4.57. The van der Waals surface area contributed by atoms with E-state index < -0.39 is 10.8 Å². The molecule has 1 atom stereocenters. The summed E-state index contributed by atoms with van der Waals surface area (Å²) in [6, 6.07) is 9.19. The molecular weight excluding hydrogens is 338 g/mol. The van der Waals surface area contributed by atoms with Crippen molar-refractivity contribution in [2.75, 3.05) is 0 Å². The molecule has 0 unspecified atom stereocenters. The molecule has 0 saturated heterocycles. The van der Waals surface area contributed by atoms with E-state index in [1.54, 1.807) is 24.5 Å². The van der Waals surface area contributed by atoms with E-state index in [2.05, 4.69) is 15.0 Å². The van der Waals surface area contributed by atoms with Crippen LogP contribution < -0.4 is 0 Å². The van der Waals surface area contributed by atoms with Gasteiger partial charge in [-0.05, 0) is 23.8 Å². The molecule has 0 amide bonds. The zero-order chi connectivity index (χ0) is 15.4. The van der Waals surface area contributed by atoms with Crippen molar-refractivity contribution in [1.82, 2.24) is 15.0 Å². The second kappa shape index (κ2) is 7.09. The van der Waals surface area contributed by atoms with Crippen molar-refractivity contribution in [3.63, 3.8) is 0 Å². The summed E-state index contributed by atoms with van der Waals surface area (Å²) >= 11 is 7.40. The molecule has 0 aliphatic carbocycles. The van der Waals surface area contributed by atoms with Crippen molar-refractivity contribution in [1.29, 1.82) is 0 Å². The van der Waals surface area contributed by atoms with Gasteiger partial charge >= 0.3 is 0 Å². The van der Waals surface area contributed by atoms with E-state index in [9.17, 15) is 4.21 Å². The van der Waals surface area contributed by atoms with Crippen LogP contribution in [-0.4, -0.2) is 19.2 Å². The first-order valence-corrected chi connectivity index (χ1v) is 9.26. The van der Waals surface area contributed by atoms with Crippen molar-refractivity contribution >= 4 is 33.7 Å². The number of hydrogen-bond donors (Lipinski definition) is 0. The maximum absolute atomic E-state index is 12.2. The lowest BCUT2D eigenvalue weighted by Gasteiger charge is -2.01. The van der Waals surface area contributed by atoms with Crippen LogP contribution in [0.1, 0.15) is 11.3 Å². The van der Waals surface area contributed by atoms with Gasteiger partial charge in [-0.15, -0.1) is 11.3 Å². The number of rotatable bonds is 5. The van der Waals surface area contributed by atoms with Gasteiger partial charge in [0.05, 0.1) is 11.4 Å². The first-order chi connectivity index (χ1) is 10.7. The highest BCUT2D eigenvalue weighted by Gasteiger charge is 2.10. The fourth-order valence-electron chi connectivity index (χ4n) is 1.91. The highest BCUT2D eigenvalue weighted by atomic mass is 35.5. The summed E-state index contributed by atoms with van der Waals surface area (Å²) < 4.78 is 12.2. The van der Waals surface area contributed by atoms with Crippen LogP contribution in [0.5, 0.6) is 0 Å². The summed E-state index contributed by atoms with van der Waals surface area (Å²) in [6.07, 6.45) is 3.36. The standard InChI is InChI=1S/C15H12ClN3OS2/c16-12-4-1-3-11(7-12)9-22(20)10-13-8-21-15(19-13)14-17-5-2-6-18-14/h1-8H,9-10H2/t22-/m1/s1. The van der Waals surface area contributed by atoms with Gasteiger partial charge in [-0.1, -0.05) is 23.7 Å². The van der Waals surface area contributed by atoms with Crippen LogP contribution in [-0.2, 0) is 22.3 Å². The van der Waals surface area contributed by atoms with E-state index in [4.69, 9.17) is 11.6 Å². The van der Waals surface area contributed by atoms with Gasteiger partial charge in [0.15, 0.2) is 10.8 Å². The number of benzene rings is 1. The smallest absolute Gasteiger partial charge is 0.188 e. The number of thiazole rings is 1. The molecule has 4 nitrogen and oxygen atoms in total. The molecule has 22 heavy (non-hydrogen) atoms. The molecule has 0 spiro atoms. The fourth-order valence-corrected chi connectivity index (χ4v) is 4.13. The van der Waals surface area contributed by atoms with E-state index in [0.717, 1.165) is 16.3 Å². The summed E-state index contributed by atoms with van der Waals surface area (Å²) in [5, 5.41) is 3.31. The van der Waals surface area contributed by atoms with Crippen molar-refractivity contribution in [3.8, 4) is 10.8 Å². The molecule has 1 aromatic carbocycles. The van der Waals surface area contributed by atoms with Gasteiger partial charge in [-0.25, -0.2) is 15.0 Å². The van der Waals surface area contributed by atoms with Crippen molar-refractivity contribution < 1.29 is 4.21 Å². The van der Waals surface area contributed by atoms with Crippen LogP contribution >= 0.6 is 22.9 Å². The third-order valence-electron chi connectivity index (χ3n) is 2.83. The molecule has 3 rings (SSSR count). The summed E-state index contributed by atoms with van der Waals surface area (Å²) in [4.78, 5) is 12.8. The van der Waals surface area contributed by atoms with Gasteiger partial charge in [0.1, 0.15) is 0 Å². The zero-order valence-corrected chi connectivity index (χ0v) is 13.9. The van der Waals surface area contributed by atoms with E-state index in [1.807, 2.05) is 23.6 Å². The molecule has 0 radical (unpaired) electrons. The maximum Gasteiger partial charge on any atom is 0.188 e. The monoisotopic (exact) mass is 349 g/mol. The molecule has 0 aliphatic rings. The second-order valence-corrected chi connectivity index (χ2v) is 7.33. The lowest BCUT2D eigenvalue weighted by molar-refractivity contribution is 0.681. The minimum atomic E-state index is -1.03. The molecule has 0 N–H and O–H groups in total. The Morgan fingerprint density at radius 3 is 2.73 bits per heavy atom. The summed E-state index contributed by atoms with van der Waals surface area (Å²) in [7, 11) is -1.03. The van der Waals surface area contributed by atoms with Crippen molar-refractivity contribution in [3.05, 3.63) is 64.4 Å². The molecular formula is C15H12ClN3OS2. The topological polar surface area (TPSA) is 55.7 Å². The van der Waals surface area contributed by atoms with Gasteiger partial charge < -0.3 is 0 Å². The molecule has 3 aromatic rings. The van der Waals surface area contributed by atoms with Gasteiger partial charge in [-0.3, -0.25) is 4.21 Å². The van der Waals surface area contributed by atoms with Crippen molar-refractivity contribution in [2.24, 2.45) is 0 Å². The Labute approximate surface area is 139 Å². The van der Waals surface area contributed by atoms with Crippen molar-refractivity contribution in [2.45, 2.75) is 11.5 Å². The number of nitrogens with zero attached hydrogens (tertiary/aromatic N) is 3. The van der Waals surface area contributed by atoms with Crippen LogP contribution in [0.25, 0.3) is 10.8 Å². The number of hydrogen-bond acceptors (Lipinski definition) is 5. The summed E-state index contributed by atoms with van der Waals surface area (Å²) in [6.45, 7) is 0. The van der Waals surface area contributed by atoms with E-state index in [1.165, 1.54) is 11.3 Å².